The van der Waals surface area contributed by atoms with Gasteiger partial charge in [0.05, 0.1) is 24.1 Å². The molecule has 236 valence electrons. The van der Waals surface area contributed by atoms with E-state index in [-0.39, 0.29) is 48.8 Å². The van der Waals surface area contributed by atoms with Crippen LogP contribution in [-0.2, 0) is 32.6 Å². The average Bonchev–Trinajstić information content (AvgIpc) is 3.51. The van der Waals surface area contributed by atoms with E-state index >= 15 is 0 Å². The summed E-state index contributed by atoms with van der Waals surface area (Å²) in [5.41, 5.74) is 2.15. The SMILES string of the molecule is COc1ccc(N(CCCC(=O)N(Cc2ccc(Cl)cc2)[C@H](Cc2ccccc2)C(=O)NC2CCCC2)S(C)(=O)=O)cc1Cl. The Morgan fingerprint density at radius 3 is 2.27 bits per heavy atom. The summed E-state index contributed by atoms with van der Waals surface area (Å²) >= 11 is 12.4. The maximum atomic E-state index is 14.0. The Morgan fingerprint density at radius 2 is 1.66 bits per heavy atom. The van der Waals surface area contributed by atoms with Crippen molar-refractivity contribution in [2.45, 2.75) is 63.6 Å². The zero-order chi connectivity index (χ0) is 31.7. The van der Waals surface area contributed by atoms with Gasteiger partial charge < -0.3 is 15.0 Å². The molecule has 1 fully saturated rings. The largest absolute Gasteiger partial charge is 0.495 e. The summed E-state index contributed by atoms with van der Waals surface area (Å²) in [7, 11) is -2.19. The Hall–Kier alpha value is -3.27. The van der Waals surface area contributed by atoms with Crippen LogP contribution in [0.15, 0.2) is 72.8 Å². The van der Waals surface area contributed by atoms with E-state index < -0.39 is 16.1 Å². The molecule has 8 nitrogen and oxygen atoms in total. The van der Waals surface area contributed by atoms with Crippen LogP contribution in [0.3, 0.4) is 0 Å². The number of nitrogens with zero attached hydrogens (tertiary/aromatic N) is 2. The van der Waals surface area contributed by atoms with Crippen LogP contribution in [0.5, 0.6) is 5.75 Å². The highest BCUT2D eigenvalue weighted by Crippen LogP contribution is 2.30. The second kappa shape index (κ2) is 15.6. The summed E-state index contributed by atoms with van der Waals surface area (Å²) < 4.78 is 31.9. The highest BCUT2D eigenvalue weighted by molar-refractivity contribution is 7.92. The first-order valence-electron chi connectivity index (χ1n) is 14.7. The van der Waals surface area contributed by atoms with Crippen molar-refractivity contribution < 1.29 is 22.7 Å². The number of ether oxygens (including phenoxy) is 1. The van der Waals surface area contributed by atoms with E-state index in [1.165, 1.54) is 17.5 Å². The van der Waals surface area contributed by atoms with E-state index in [9.17, 15) is 18.0 Å². The summed E-state index contributed by atoms with van der Waals surface area (Å²) in [6, 6.07) is 20.9. The van der Waals surface area contributed by atoms with Gasteiger partial charge in [-0.1, -0.05) is 78.5 Å². The fraction of sp³-hybridized carbons (Fsp3) is 0.394. The molecule has 1 N–H and O–H groups in total. The molecular weight excluding hydrogens is 621 g/mol. The van der Waals surface area contributed by atoms with Crippen molar-refractivity contribution in [3.05, 3.63) is 94.0 Å². The molecule has 0 aliphatic heterocycles. The van der Waals surface area contributed by atoms with E-state index in [2.05, 4.69) is 5.32 Å². The molecule has 4 rings (SSSR count). The van der Waals surface area contributed by atoms with Gasteiger partial charge in [0.15, 0.2) is 0 Å². The van der Waals surface area contributed by atoms with Crippen LogP contribution < -0.4 is 14.4 Å². The number of benzene rings is 3. The molecule has 3 aromatic rings. The summed E-state index contributed by atoms with van der Waals surface area (Å²) in [6.07, 6.45) is 5.70. The van der Waals surface area contributed by atoms with Crippen LogP contribution in [0, 0.1) is 0 Å². The van der Waals surface area contributed by atoms with Crippen LogP contribution in [0.2, 0.25) is 10.0 Å². The average molecular weight is 661 g/mol. The number of carbonyl (C=O) groups excluding carboxylic acids is 2. The highest BCUT2D eigenvalue weighted by Gasteiger charge is 2.32. The summed E-state index contributed by atoms with van der Waals surface area (Å²) in [6.45, 7) is 0.259. The minimum absolute atomic E-state index is 0.0332. The van der Waals surface area contributed by atoms with Gasteiger partial charge in [0.1, 0.15) is 11.8 Å². The third-order valence-electron chi connectivity index (χ3n) is 7.81. The highest BCUT2D eigenvalue weighted by atomic mass is 35.5. The second-order valence-corrected chi connectivity index (χ2v) is 13.9. The van der Waals surface area contributed by atoms with Crippen molar-refractivity contribution in [1.29, 1.82) is 0 Å². The smallest absolute Gasteiger partial charge is 0.243 e. The molecule has 0 heterocycles. The van der Waals surface area contributed by atoms with E-state index in [0.29, 0.717) is 22.9 Å². The van der Waals surface area contributed by atoms with Crippen molar-refractivity contribution in [3.8, 4) is 5.75 Å². The predicted octanol–water partition coefficient (Wildman–Crippen LogP) is 6.25. The van der Waals surface area contributed by atoms with E-state index in [4.69, 9.17) is 27.9 Å². The maximum Gasteiger partial charge on any atom is 0.243 e. The van der Waals surface area contributed by atoms with Crippen LogP contribution in [-0.4, -0.2) is 57.1 Å². The Kier molecular flexibility index (Phi) is 11.9. The number of carbonyl (C=O) groups is 2. The standard InChI is InChI=1S/C33H39Cl2N3O5S/c1-43-31-19-18-28(22-29(31)35)38(44(2,41)42)20-8-13-32(39)37(23-25-14-16-26(34)17-15-25)30(21-24-9-4-3-5-10-24)33(40)36-27-11-6-7-12-27/h3-5,9-10,14-19,22,27,30H,6-8,11-13,20-21,23H2,1-2H3,(H,36,40)/t30-/m1/s1. The minimum atomic E-state index is -3.68. The van der Waals surface area contributed by atoms with Crippen LogP contribution in [0.25, 0.3) is 0 Å². The summed E-state index contributed by atoms with van der Waals surface area (Å²) in [4.78, 5) is 29.5. The number of hydrogen-bond acceptors (Lipinski definition) is 5. The molecule has 0 unspecified atom stereocenters. The van der Waals surface area contributed by atoms with Gasteiger partial charge in [-0.05, 0) is 60.7 Å². The Bertz CT molecular complexity index is 1510. The molecule has 44 heavy (non-hydrogen) atoms. The fourth-order valence-electron chi connectivity index (χ4n) is 5.52. The first kappa shape index (κ1) is 33.6. The predicted molar refractivity (Wildman–Crippen MR) is 176 cm³/mol. The lowest BCUT2D eigenvalue weighted by Crippen LogP contribution is -2.52. The number of halogens is 2. The molecule has 11 heteroatoms. The normalized spacial score (nSPS) is 14.2. The monoisotopic (exact) mass is 659 g/mol. The number of hydrogen-bond donors (Lipinski definition) is 1. The van der Waals surface area contributed by atoms with Gasteiger partial charge in [-0.25, -0.2) is 8.42 Å². The van der Waals surface area contributed by atoms with Crippen molar-refractivity contribution in [3.63, 3.8) is 0 Å². The fourth-order valence-corrected chi connectivity index (χ4v) is 6.86. The van der Waals surface area contributed by atoms with Crippen LogP contribution >= 0.6 is 23.2 Å². The molecule has 0 bridgehead atoms. The lowest BCUT2D eigenvalue weighted by molar-refractivity contribution is -0.141. The zero-order valence-electron chi connectivity index (χ0n) is 25.0. The van der Waals surface area contributed by atoms with Gasteiger partial charge in [0.25, 0.3) is 0 Å². The van der Waals surface area contributed by atoms with Gasteiger partial charge in [-0.2, -0.15) is 0 Å². The van der Waals surface area contributed by atoms with Crippen molar-refractivity contribution >= 4 is 50.7 Å². The molecule has 0 spiro atoms. The third kappa shape index (κ3) is 9.36. The molecule has 1 saturated carbocycles. The first-order chi connectivity index (χ1) is 21.0. The number of methoxy groups -OCH3 is 1. The molecule has 0 aromatic heterocycles. The molecule has 0 saturated heterocycles. The molecule has 1 aliphatic carbocycles. The number of anilines is 1. The van der Waals surface area contributed by atoms with Gasteiger partial charge >= 0.3 is 0 Å². The zero-order valence-corrected chi connectivity index (χ0v) is 27.4. The molecule has 3 aromatic carbocycles. The maximum absolute atomic E-state index is 14.0. The van der Waals surface area contributed by atoms with Gasteiger partial charge in [0.2, 0.25) is 21.8 Å². The van der Waals surface area contributed by atoms with Crippen molar-refractivity contribution in [2.24, 2.45) is 0 Å². The topological polar surface area (TPSA) is 96.0 Å². The number of sulfonamides is 1. The Morgan fingerprint density at radius 1 is 0.977 bits per heavy atom. The molecular formula is C33H39Cl2N3O5S. The van der Waals surface area contributed by atoms with Crippen molar-refractivity contribution in [1.82, 2.24) is 10.2 Å². The Labute approximate surface area is 270 Å². The second-order valence-electron chi connectivity index (χ2n) is 11.1. The Balaban J connectivity index is 1.58. The number of rotatable bonds is 14. The summed E-state index contributed by atoms with van der Waals surface area (Å²) in [5.74, 6) is -0.00500. The van der Waals surface area contributed by atoms with Gasteiger partial charge in [0, 0.05) is 37.0 Å². The van der Waals surface area contributed by atoms with Gasteiger partial charge in [-0.15, -0.1) is 0 Å². The molecule has 2 amide bonds. The van der Waals surface area contributed by atoms with Crippen molar-refractivity contribution in [2.75, 3.05) is 24.2 Å². The van der Waals surface area contributed by atoms with Gasteiger partial charge in [-0.3, -0.25) is 13.9 Å². The quantitative estimate of drug-likeness (QED) is 0.221. The third-order valence-corrected chi connectivity index (χ3v) is 9.56. The lowest BCUT2D eigenvalue weighted by Gasteiger charge is -2.33. The molecule has 1 aliphatic rings. The van der Waals surface area contributed by atoms with Crippen LogP contribution in [0.1, 0.15) is 49.7 Å². The molecule has 1 atom stereocenters. The number of amides is 2. The number of nitrogens with one attached hydrogen (secondary N) is 1. The van der Waals surface area contributed by atoms with E-state index in [1.807, 2.05) is 42.5 Å². The van der Waals surface area contributed by atoms with E-state index in [0.717, 1.165) is 43.1 Å². The molecule has 0 radical (unpaired) electrons. The first-order valence-corrected chi connectivity index (χ1v) is 17.3. The van der Waals surface area contributed by atoms with Crippen LogP contribution in [0.4, 0.5) is 5.69 Å². The minimum Gasteiger partial charge on any atom is -0.495 e. The lowest BCUT2D eigenvalue weighted by atomic mass is 10.0. The summed E-state index contributed by atoms with van der Waals surface area (Å²) in [5, 5.41) is 4.05. The van der Waals surface area contributed by atoms with E-state index in [1.54, 1.807) is 29.2 Å².